The van der Waals surface area contributed by atoms with E-state index < -0.39 is 12.1 Å². The SMILES string of the molecule is C=CCOC(=O)N1CC(Oc2cccc(C(=O)O)c2)C1. The summed E-state index contributed by atoms with van der Waals surface area (Å²) in [6.07, 6.45) is 0.961. The quantitative estimate of drug-likeness (QED) is 0.830. The molecule has 1 N–H and O–H groups in total. The molecule has 6 nitrogen and oxygen atoms in total. The molecule has 1 aromatic rings. The molecule has 0 spiro atoms. The first kappa shape index (κ1) is 13.9. The van der Waals surface area contributed by atoms with Gasteiger partial charge in [-0.3, -0.25) is 0 Å². The zero-order valence-electron chi connectivity index (χ0n) is 10.8. The van der Waals surface area contributed by atoms with Crippen molar-refractivity contribution in [2.75, 3.05) is 19.7 Å². The van der Waals surface area contributed by atoms with Gasteiger partial charge >= 0.3 is 12.1 Å². The smallest absolute Gasteiger partial charge is 0.410 e. The van der Waals surface area contributed by atoms with Crippen molar-refractivity contribution in [3.05, 3.63) is 42.5 Å². The van der Waals surface area contributed by atoms with Crippen LogP contribution in [0.25, 0.3) is 0 Å². The number of carbonyl (C=O) groups excluding carboxylic acids is 1. The van der Waals surface area contributed by atoms with Crippen molar-refractivity contribution in [3.63, 3.8) is 0 Å². The maximum Gasteiger partial charge on any atom is 0.410 e. The van der Waals surface area contributed by atoms with Crippen LogP contribution in [0.4, 0.5) is 4.79 Å². The third-order valence-electron chi connectivity index (χ3n) is 2.81. The maximum absolute atomic E-state index is 11.4. The summed E-state index contributed by atoms with van der Waals surface area (Å²) in [7, 11) is 0. The van der Waals surface area contributed by atoms with Crippen LogP contribution in [0, 0.1) is 0 Å². The van der Waals surface area contributed by atoms with Crippen LogP contribution < -0.4 is 4.74 Å². The van der Waals surface area contributed by atoms with Crippen LogP contribution in [0.2, 0.25) is 0 Å². The molecule has 20 heavy (non-hydrogen) atoms. The maximum atomic E-state index is 11.4. The molecule has 6 heteroatoms. The summed E-state index contributed by atoms with van der Waals surface area (Å²) in [6.45, 7) is 4.49. The van der Waals surface area contributed by atoms with Gasteiger partial charge in [0.15, 0.2) is 0 Å². The number of hydrogen-bond acceptors (Lipinski definition) is 4. The van der Waals surface area contributed by atoms with E-state index in [-0.39, 0.29) is 18.3 Å². The number of amides is 1. The van der Waals surface area contributed by atoms with Gasteiger partial charge in [-0.15, -0.1) is 0 Å². The van der Waals surface area contributed by atoms with E-state index in [4.69, 9.17) is 14.6 Å². The number of carboxylic acids is 1. The first-order chi connectivity index (χ1) is 9.60. The Morgan fingerprint density at radius 3 is 2.85 bits per heavy atom. The van der Waals surface area contributed by atoms with Crippen molar-refractivity contribution >= 4 is 12.1 Å². The van der Waals surface area contributed by atoms with E-state index >= 15 is 0 Å². The minimum atomic E-state index is -1.00. The highest BCUT2D eigenvalue weighted by Crippen LogP contribution is 2.20. The molecule has 0 saturated carbocycles. The lowest BCUT2D eigenvalue weighted by Crippen LogP contribution is -2.56. The normalized spacial score (nSPS) is 14.3. The molecule has 1 saturated heterocycles. The Kier molecular flexibility index (Phi) is 4.24. The van der Waals surface area contributed by atoms with Gasteiger partial charge in [0.05, 0.1) is 18.7 Å². The fraction of sp³-hybridized carbons (Fsp3) is 0.286. The van der Waals surface area contributed by atoms with Crippen LogP contribution in [0.3, 0.4) is 0 Å². The Bertz CT molecular complexity index is 522. The lowest BCUT2D eigenvalue weighted by Gasteiger charge is -2.37. The van der Waals surface area contributed by atoms with Crippen molar-refractivity contribution in [2.24, 2.45) is 0 Å². The molecule has 1 aromatic carbocycles. The highest BCUT2D eigenvalue weighted by Gasteiger charge is 2.33. The van der Waals surface area contributed by atoms with E-state index in [2.05, 4.69) is 6.58 Å². The highest BCUT2D eigenvalue weighted by molar-refractivity contribution is 5.88. The molecule has 106 valence electrons. The number of benzene rings is 1. The highest BCUT2D eigenvalue weighted by atomic mass is 16.6. The molecule has 0 aliphatic carbocycles. The number of hydrogen-bond donors (Lipinski definition) is 1. The van der Waals surface area contributed by atoms with Crippen molar-refractivity contribution in [3.8, 4) is 5.75 Å². The number of carbonyl (C=O) groups is 2. The molecule has 1 amide bonds. The summed E-state index contributed by atoms with van der Waals surface area (Å²) < 4.78 is 10.5. The third kappa shape index (κ3) is 3.28. The van der Waals surface area contributed by atoms with Crippen molar-refractivity contribution in [1.82, 2.24) is 4.90 Å². The molecular formula is C14H15NO5. The first-order valence-corrected chi connectivity index (χ1v) is 6.12. The van der Waals surface area contributed by atoms with E-state index in [9.17, 15) is 9.59 Å². The van der Waals surface area contributed by atoms with E-state index in [1.807, 2.05) is 0 Å². The molecule has 0 unspecified atom stereocenters. The molecule has 2 rings (SSSR count). The average molecular weight is 277 g/mol. The van der Waals surface area contributed by atoms with E-state index in [0.29, 0.717) is 18.8 Å². The van der Waals surface area contributed by atoms with Crippen LogP contribution in [0.15, 0.2) is 36.9 Å². The summed E-state index contributed by atoms with van der Waals surface area (Å²) in [5, 5.41) is 8.88. The zero-order chi connectivity index (χ0) is 14.5. The van der Waals surface area contributed by atoms with Gasteiger partial charge in [-0.1, -0.05) is 18.7 Å². The van der Waals surface area contributed by atoms with Crippen molar-refractivity contribution in [1.29, 1.82) is 0 Å². The number of ether oxygens (including phenoxy) is 2. The lowest BCUT2D eigenvalue weighted by molar-refractivity contribution is 0.0144. The molecule has 0 bridgehead atoms. The Balaban J connectivity index is 1.82. The van der Waals surface area contributed by atoms with Gasteiger partial charge in [-0.05, 0) is 18.2 Å². The monoisotopic (exact) mass is 277 g/mol. The molecule has 1 heterocycles. The number of carboxylic acid groups (broad SMARTS) is 1. The van der Waals surface area contributed by atoms with Gasteiger partial charge in [0.1, 0.15) is 18.5 Å². The van der Waals surface area contributed by atoms with Gasteiger partial charge < -0.3 is 19.5 Å². The summed E-state index contributed by atoms with van der Waals surface area (Å²) in [4.78, 5) is 23.8. The molecule has 0 radical (unpaired) electrons. The molecule has 1 aliphatic rings. The summed E-state index contributed by atoms with van der Waals surface area (Å²) in [6, 6.07) is 6.26. The standard InChI is InChI=1S/C14H15NO5/c1-2-6-19-14(18)15-8-12(9-15)20-11-5-3-4-10(7-11)13(16)17/h2-5,7,12H,1,6,8-9H2,(H,16,17). The Morgan fingerprint density at radius 2 is 2.20 bits per heavy atom. The van der Waals surface area contributed by atoms with E-state index in [1.54, 1.807) is 12.1 Å². The van der Waals surface area contributed by atoms with Gasteiger partial charge in [0.2, 0.25) is 0 Å². The minimum Gasteiger partial charge on any atom is -0.487 e. The number of nitrogens with zero attached hydrogens (tertiary/aromatic N) is 1. The molecule has 1 fully saturated rings. The second kappa shape index (κ2) is 6.10. The van der Waals surface area contributed by atoms with Crippen LogP contribution >= 0.6 is 0 Å². The van der Waals surface area contributed by atoms with E-state index in [1.165, 1.54) is 23.1 Å². The first-order valence-electron chi connectivity index (χ1n) is 6.12. The molecule has 0 aromatic heterocycles. The Hall–Kier alpha value is -2.50. The Labute approximate surface area is 116 Å². The third-order valence-corrected chi connectivity index (χ3v) is 2.81. The number of rotatable bonds is 5. The van der Waals surface area contributed by atoms with Gasteiger partial charge in [0, 0.05) is 0 Å². The predicted octanol–water partition coefficient (Wildman–Crippen LogP) is 1.77. The largest absolute Gasteiger partial charge is 0.487 e. The second-order valence-electron chi connectivity index (χ2n) is 4.34. The molecule has 0 atom stereocenters. The van der Waals surface area contributed by atoms with Crippen LogP contribution in [0.5, 0.6) is 5.75 Å². The lowest BCUT2D eigenvalue weighted by atomic mass is 10.1. The second-order valence-corrected chi connectivity index (χ2v) is 4.34. The average Bonchev–Trinajstić information content (AvgIpc) is 2.40. The van der Waals surface area contributed by atoms with Crippen LogP contribution in [-0.4, -0.2) is 47.9 Å². The van der Waals surface area contributed by atoms with Gasteiger partial charge in [-0.2, -0.15) is 0 Å². The van der Waals surface area contributed by atoms with Gasteiger partial charge in [-0.25, -0.2) is 9.59 Å². The number of likely N-dealkylation sites (tertiary alicyclic amines) is 1. The molecular weight excluding hydrogens is 262 g/mol. The number of aromatic carboxylic acids is 1. The fourth-order valence-electron chi connectivity index (χ4n) is 1.78. The van der Waals surface area contributed by atoms with Gasteiger partial charge in [0.25, 0.3) is 0 Å². The molecule has 1 aliphatic heterocycles. The van der Waals surface area contributed by atoms with Crippen molar-refractivity contribution in [2.45, 2.75) is 6.10 Å². The van der Waals surface area contributed by atoms with Crippen LogP contribution in [0.1, 0.15) is 10.4 Å². The summed E-state index contributed by atoms with van der Waals surface area (Å²) in [5.74, 6) is -0.521. The fourth-order valence-corrected chi connectivity index (χ4v) is 1.78. The van der Waals surface area contributed by atoms with Crippen LogP contribution in [-0.2, 0) is 4.74 Å². The Morgan fingerprint density at radius 1 is 1.45 bits per heavy atom. The summed E-state index contributed by atoms with van der Waals surface area (Å²) >= 11 is 0. The topological polar surface area (TPSA) is 76.1 Å². The predicted molar refractivity (Wildman–Crippen MR) is 70.9 cm³/mol. The van der Waals surface area contributed by atoms with Crippen molar-refractivity contribution < 1.29 is 24.2 Å². The minimum absolute atomic E-state index is 0.143. The zero-order valence-corrected chi connectivity index (χ0v) is 10.8. The summed E-state index contributed by atoms with van der Waals surface area (Å²) in [5.41, 5.74) is 0.170. The van der Waals surface area contributed by atoms with E-state index in [0.717, 1.165) is 0 Å².